The third kappa shape index (κ3) is 7.31. The predicted octanol–water partition coefficient (Wildman–Crippen LogP) is 3.59. The molecule has 1 atom stereocenters. The van der Waals surface area contributed by atoms with Crippen molar-refractivity contribution < 1.29 is 18.0 Å². The molecule has 1 N–H and O–H groups in total. The molecule has 190 valence electrons. The number of hydrogen-bond donors (Lipinski definition) is 1. The lowest BCUT2D eigenvalue weighted by atomic mass is 10.1. The average molecular weight is 500 g/mol. The van der Waals surface area contributed by atoms with Gasteiger partial charge in [0.2, 0.25) is 21.8 Å². The molecule has 0 bridgehead atoms. The number of benzene rings is 2. The van der Waals surface area contributed by atoms with Crippen molar-refractivity contribution in [1.82, 2.24) is 10.2 Å². The van der Waals surface area contributed by atoms with Crippen LogP contribution in [0.25, 0.3) is 0 Å². The molecule has 0 aliphatic heterocycles. The van der Waals surface area contributed by atoms with Crippen molar-refractivity contribution in [3.05, 3.63) is 65.2 Å². The lowest BCUT2D eigenvalue weighted by molar-refractivity contribution is -0.139. The summed E-state index contributed by atoms with van der Waals surface area (Å²) in [4.78, 5) is 28.2. The molecule has 8 heteroatoms. The zero-order chi connectivity index (χ0) is 25.6. The Kier molecular flexibility index (Phi) is 8.94. The van der Waals surface area contributed by atoms with Gasteiger partial charge in [0, 0.05) is 12.6 Å². The zero-order valence-corrected chi connectivity index (χ0v) is 22.0. The maximum absolute atomic E-state index is 13.6. The molecule has 0 spiro atoms. The first-order valence-electron chi connectivity index (χ1n) is 12.2. The summed E-state index contributed by atoms with van der Waals surface area (Å²) < 4.78 is 26.6. The van der Waals surface area contributed by atoms with Crippen LogP contribution in [0.1, 0.15) is 49.3 Å². The lowest BCUT2D eigenvalue weighted by Gasteiger charge is -2.32. The molecule has 2 aromatic carbocycles. The predicted molar refractivity (Wildman–Crippen MR) is 140 cm³/mol. The largest absolute Gasteiger partial charge is 0.352 e. The molecule has 1 aliphatic rings. The fourth-order valence-corrected chi connectivity index (χ4v) is 5.44. The second-order valence-corrected chi connectivity index (χ2v) is 11.5. The van der Waals surface area contributed by atoms with Crippen LogP contribution >= 0.6 is 0 Å². The zero-order valence-electron chi connectivity index (χ0n) is 21.2. The molecule has 1 unspecified atom stereocenters. The quantitative estimate of drug-likeness (QED) is 0.541. The van der Waals surface area contributed by atoms with Crippen LogP contribution in [0, 0.1) is 13.8 Å². The Morgan fingerprint density at radius 3 is 2.34 bits per heavy atom. The fourth-order valence-electron chi connectivity index (χ4n) is 4.54. The molecule has 1 saturated carbocycles. The summed E-state index contributed by atoms with van der Waals surface area (Å²) in [6.45, 7) is 5.37. The fraction of sp³-hybridized carbons (Fsp3) is 0.481. The highest BCUT2D eigenvalue weighted by Crippen LogP contribution is 2.24. The molecule has 35 heavy (non-hydrogen) atoms. The van der Waals surface area contributed by atoms with E-state index in [1.807, 2.05) is 56.3 Å². The standard InChI is InChI=1S/C27H37N3O4S/c1-20-14-15-21(2)25(18-20)30(35(4,33)34)19-26(31)29(17-16-23-10-6-5-7-11-23)22(3)27(32)28-24-12-8-9-13-24/h5-7,10-11,14-15,18,22,24H,8-9,12-13,16-17,19H2,1-4H3,(H,28,32). The van der Waals surface area contributed by atoms with Gasteiger partial charge in [0.25, 0.3) is 0 Å². The number of hydrogen-bond acceptors (Lipinski definition) is 4. The molecule has 0 saturated heterocycles. The van der Waals surface area contributed by atoms with E-state index in [1.54, 1.807) is 13.0 Å². The summed E-state index contributed by atoms with van der Waals surface area (Å²) in [5, 5.41) is 3.08. The van der Waals surface area contributed by atoms with E-state index in [2.05, 4.69) is 5.32 Å². The minimum atomic E-state index is -3.73. The Hall–Kier alpha value is -2.87. The highest BCUT2D eigenvalue weighted by Gasteiger charge is 2.31. The summed E-state index contributed by atoms with van der Waals surface area (Å²) in [5.74, 6) is -0.600. The number of nitrogens with one attached hydrogen (secondary N) is 1. The van der Waals surface area contributed by atoms with Gasteiger partial charge in [-0.05, 0) is 62.8 Å². The van der Waals surface area contributed by atoms with E-state index >= 15 is 0 Å². The monoisotopic (exact) mass is 499 g/mol. The summed E-state index contributed by atoms with van der Waals surface area (Å²) in [6, 6.07) is 14.7. The van der Waals surface area contributed by atoms with Gasteiger partial charge in [-0.3, -0.25) is 13.9 Å². The van der Waals surface area contributed by atoms with Crippen molar-refractivity contribution in [2.75, 3.05) is 23.7 Å². The average Bonchev–Trinajstić information content (AvgIpc) is 3.32. The smallest absolute Gasteiger partial charge is 0.244 e. The maximum Gasteiger partial charge on any atom is 0.244 e. The van der Waals surface area contributed by atoms with E-state index in [9.17, 15) is 18.0 Å². The first kappa shape index (κ1) is 26.7. The van der Waals surface area contributed by atoms with E-state index in [0.29, 0.717) is 18.7 Å². The van der Waals surface area contributed by atoms with Crippen LogP contribution in [0.3, 0.4) is 0 Å². The minimum Gasteiger partial charge on any atom is -0.352 e. The van der Waals surface area contributed by atoms with Crippen LogP contribution in [0.2, 0.25) is 0 Å². The van der Waals surface area contributed by atoms with Crippen molar-refractivity contribution in [3.8, 4) is 0 Å². The number of anilines is 1. The van der Waals surface area contributed by atoms with E-state index in [1.165, 1.54) is 4.90 Å². The van der Waals surface area contributed by atoms with Crippen molar-refractivity contribution in [2.24, 2.45) is 0 Å². The Morgan fingerprint density at radius 2 is 1.71 bits per heavy atom. The van der Waals surface area contributed by atoms with Crippen molar-refractivity contribution in [3.63, 3.8) is 0 Å². The third-order valence-corrected chi connectivity index (χ3v) is 7.79. The molecular weight excluding hydrogens is 462 g/mol. The Bertz CT molecular complexity index is 1130. The van der Waals surface area contributed by atoms with Gasteiger partial charge in [0.05, 0.1) is 11.9 Å². The third-order valence-electron chi connectivity index (χ3n) is 6.67. The second-order valence-electron chi connectivity index (χ2n) is 9.55. The van der Waals surface area contributed by atoms with Gasteiger partial charge in [-0.15, -0.1) is 0 Å². The molecule has 3 rings (SSSR count). The molecular formula is C27H37N3O4S. The Labute approximate surface area is 209 Å². The number of carbonyl (C=O) groups is 2. The van der Waals surface area contributed by atoms with Gasteiger partial charge in [0.1, 0.15) is 12.6 Å². The summed E-state index contributed by atoms with van der Waals surface area (Å²) in [6.07, 6.45) is 5.75. The number of nitrogens with zero attached hydrogens (tertiary/aromatic N) is 2. The molecule has 0 heterocycles. The summed E-state index contributed by atoms with van der Waals surface area (Å²) in [7, 11) is -3.73. The first-order valence-corrected chi connectivity index (χ1v) is 14.1. The van der Waals surface area contributed by atoms with Crippen LogP contribution in [0.4, 0.5) is 5.69 Å². The molecule has 1 aliphatic carbocycles. The van der Waals surface area contributed by atoms with Crippen molar-refractivity contribution in [1.29, 1.82) is 0 Å². The molecule has 0 radical (unpaired) electrons. The molecule has 1 fully saturated rings. The first-order chi connectivity index (χ1) is 16.6. The van der Waals surface area contributed by atoms with Crippen LogP contribution in [-0.2, 0) is 26.0 Å². The Balaban J connectivity index is 1.85. The van der Waals surface area contributed by atoms with Crippen LogP contribution in [-0.4, -0.2) is 56.6 Å². The topological polar surface area (TPSA) is 86.8 Å². The van der Waals surface area contributed by atoms with E-state index in [4.69, 9.17) is 0 Å². The van der Waals surface area contributed by atoms with Gasteiger partial charge in [0.15, 0.2) is 0 Å². The highest BCUT2D eigenvalue weighted by molar-refractivity contribution is 7.92. The van der Waals surface area contributed by atoms with Gasteiger partial charge in [-0.25, -0.2) is 8.42 Å². The van der Waals surface area contributed by atoms with Crippen LogP contribution < -0.4 is 9.62 Å². The van der Waals surface area contributed by atoms with Gasteiger partial charge < -0.3 is 10.2 Å². The number of carbonyl (C=O) groups excluding carboxylic acids is 2. The van der Waals surface area contributed by atoms with Gasteiger partial charge >= 0.3 is 0 Å². The molecule has 7 nitrogen and oxygen atoms in total. The number of rotatable bonds is 10. The van der Waals surface area contributed by atoms with Gasteiger partial charge in [-0.1, -0.05) is 55.3 Å². The van der Waals surface area contributed by atoms with E-state index in [0.717, 1.165) is 52.9 Å². The van der Waals surface area contributed by atoms with E-state index < -0.39 is 22.0 Å². The minimum absolute atomic E-state index is 0.137. The van der Waals surface area contributed by atoms with Crippen molar-refractivity contribution >= 4 is 27.5 Å². The van der Waals surface area contributed by atoms with Crippen molar-refractivity contribution in [2.45, 2.75) is 65.0 Å². The van der Waals surface area contributed by atoms with E-state index in [-0.39, 0.29) is 18.5 Å². The van der Waals surface area contributed by atoms with Crippen LogP contribution in [0.5, 0.6) is 0 Å². The maximum atomic E-state index is 13.6. The van der Waals surface area contributed by atoms with Crippen LogP contribution in [0.15, 0.2) is 48.5 Å². The number of sulfonamides is 1. The molecule has 0 aromatic heterocycles. The molecule has 2 amide bonds. The summed E-state index contributed by atoms with van der Waals surface area (Å²) >= 11 is 0. The van der Waals surface area contributed by atoms with Gasteiger partial charge in [-0.2, -0.15) is 0 Å². The summed E-state index contributed by atoms with van der Waals surface area (Å²) in [5.41, 5.74) is 3.18. The number of aryl methyl sites for hydroxylation is 2. The Morgan fingerprint density at radius 1 is 1.06 bits per heavy atom. The SMILES string of the molecule is Cc1ccc(C)c(N(CC(=O)N(CCc2ccccc2)C(C)C(=O)NC2CCCC2)S(C)(=O)=O)c1. The number of amides is 2. The highest BCUT2D eigenvalue weighted by atomic mass is 32.2. The second kappa shape index (κ2) is 11.7. The lowest BCUT2D eigenvalue weighted by Crippen LogP contribution is -2.53. The normalized spacial score (nSPS) is 15.0. The molecule has 2 aromatic rings.